The molecule has 1 aromatic carbocycles. The third kappa shape index (κ3) is 12.0. The lowest BCUT2D eigenvalue weighted by molar-refractivity contribution is 0.0519. The molecule has 0 unspecified atom stereocenters. The molecule has 1 heterocycles. The van der Waals surface area contributed by atoms with E-state index < -0.39 is 0 Å². The van der Waals surface area contributed by atoms with Crippen LogP contribution in [0, 0.1) is 11.8 Å². The predicted molar refractivity (Wildman–Crippen MR) is 152 cm³/mol. The Balaban J connectivity index is 1.31. The second-order valence-electron chi connectivity index (χ2n) is 10.1. The highest BCUT2D eigenvalue weighted by Crippen LogP contribution is 2.23. The highest BCUT2D eigenvalue weighted by Gasteiger charge is 2.14. The maximum Gasteiger partial charge on any atom is 0.251 e. The summed E-state index contributed by atoms with van der Waals surface area (Å²) in [6.07, 6.45) is 7.57. The SMILES string of the molecule is CC(C)CCNc1nc(NCCOCCOCCNC(=O)c2ccccc2)nc(NCC2CCCCC2)n1. The molecule has 0 bridgehead atoms. The molecule has 0 atom stereocenters. The molecule has 3 rings (SSSR count). The van der Waals surface area contributed by atoms with E-state index in [0.717, 1.165) is 19.5 Å². The molecule has 1 aliphatic rings. The Bertz CT molecular complexity index is 924. The van der Waals surface area contributed by atoms with Gasteiger partial charge in [-0.1, -0.05) is 51.3 Å². The van der Waals surface area contributed by atoms with Crippen molar-refractivity contribution in [1.29, 1.82) is 0 Å². The Morgan fingerprint density at radius 2 is 1.42 bits per heavy atom. The second kappa shape index (κ2) is 17.5. The molecule has 2 aromatic rings. The topological polar surface area (TPSA) is 122 Å². The molecule has 0 radical (unpaired) electrons. The summed E-state index contributed by atoms with van der Waals surface area (Å²) < 4.78 is 11.2. The average molecular weight is 528 g/mol. The number of hydrogen-bond donors (Lipinski definition) is 4. The number of amides is 1. The Hall–Kier alpha value is -2.98. The van der Waals surface area contributed by atoms with Crippen LogP contribution < -0.4 is 21.3 Å². The van der Waals surface area contributed by atoms with Crippen LogP contribution in [-0.4, -0.2) is 73.5 Å². The monoisotopic (exact) mass is 527 g/mol. The van der Waals surface area contributed by atoms with Gasteiger partial charge < -0.3 is 30.7 Å². The number of ether oxygens (including phenoxy) is 2. The summed E-state index contributed by atoms with van der Waals surface area (Å²) in [6, 6.07) is 9.14. The number of rotatable bonds is 18. The summed E-state index contributed by atoms with van der Waals surface area (Å²) in [5.74, 6) is 2.93. The minimum atomic E-state index is -0.0968. The molecule has 1 aliphatic carbocycles. The number of aromatic nitrogens is 3. The van der Waals surface area contributed by atoms with Crippen molar-refractivity contribution in [3.63, 3.8) is 0 Å². The van der Waals surface area contributed by atoms with Gasteiger partial charge in [-0.15, -0.1) is 0 Å². The van der Waals surface area contributed by atoms with E-state index in [1.807, 2.05) is 18.2 Å². The van der Waals surface area contributed by atoms with E-state index in [4.69, 9.17) is 9.47 Å². The van der Waals surface area contributed by atoms with E-state index in [9.17, 15) is 4.79 Å². The molecule has 10 nitrogen and oxygen atoms in total. The molecule has 210 valence electrons. The van der Waals surface area contributed by atoms with Gasteiger partial charge in [0, 0.05) is 31.7 Å². The summed E-state index contributed by atoms with van der Waals surface area (Å²) in [5.41, 5.74) is 0.645. The maximum atomic E-state index is 12.0. The van der Waals surface area contributed by atoms with Crippen molar-refractivity contribution >= 4 is 23.8 Å². The summed E-state index contributed by atoms with van der Waals surface area (Å²) in [6.45, 7) is 9.03. The smallest absolute Gasteiger partial charge is 0.251 e. The van der Waals surface area contributed by atoms with Gasteiger partial charge in [-0.05, 0) is 43.2 Å². The molecule has 1 aromatic heterocycles. The van der Waals surface area contributed by atoms with Crippen LogP contribution in [0.15, 0.2) is 30.3 Å². The molecule has 1 amide bonds. The fourth-order valence-corrected chi connectivity index (χ4v) is 4.20. The number of nitrogens with zero attached hydrogens (tertiary/aromatic N) is 3. The number of hydrogen-bond acceptors (Lipinski definition) is 9. The van der Waals surface area contributed by atoms with Crippen molar-refractivity contribution in [2.45, 2.75) is 52.4 Å². The maximum absolute atomic E-state index is 12.0. The standard InChI is InChI=1S/C28H45N7O3/c1-22(2)13-14-30-26-33-27(35-28(34-26)32-21-23-9-5-3-6-10-23)31-16-18-38-20-19-37-17-15-29-25(36)24-11-7-4-8-12-24/h4,7-8,11-12,22-23H,3,5-6,9-10,13-21H2,1-2H3,(H,29,36)(H3,30,31,32,33,34,35). The van der Waals surface area contributed by atoms with Gasteiger partial charge in [-0.25, -0.2) is 0 Å². The number of benzene rings is 1. The predicted octanol–water partition coefficient (Wildman–Crippen LogP) is 4.20. The van der Waals surface area contributed by atoms with Crippen molar-refractivity contribution in [2.75, 3.05) is 68.6 Å². The molecular formula is C28H45N7O3. The highest BCUT2D eigenvalue weighted by molar-refractivity contribution is 5.94. The first-order chi connectivity index (χ1) is 18.6. The fraction of sp³-hybridized carbons (Fsp3) is 0.643. The summed E-state index contributed by atoms with van der Waals surface area (Å²) in [7, 11) is 0. The lowest BCUT2D eigenvalue weighted by atomic mass is 9.89. The van der Waals surface area contributed by atoms with Crippen LogP contribution in [0.25, 0.3) is 0 Å². The first-order valence-electron chi connectivity index (χ1n) is 14.1. The van der Waals surface area contributed by atoms with E-state index in [2.05, 4.69) is 50.1 Å². The second-order valence-corrected chi connectivity index (χ2v) is 10.1. The lowest BCUT2D eigenvalue weighted by Gasteiger charge is -2.21. The zero-order valence-electron chi connectivity index (χ0n) is 23.0. The Morgan fingerprint density at radius 1 is 0.816 bits per heavy atom. The number of carbonyl (C=O) groups is 1. The van der Waals surface area contributed by atoms with Crippen LogP contribution in [0.4, 0.5) is 17.8 Å². The van der Waals surface area contributed by atoms with Crippen molar-refractivity contribution in [1.82, 2.24) is 20.3 Å². The van der Waals surface area contributed by atoms with Gasteiger partial charge in [-0.3, -0.25) is 4.79 Å². The van der Waals surface area contributed by atoms with Crippen LogP contribution in [0.2, 0.25) is 0 Å². The van der Waals surface area contributed by atoms with Crippen molar-refractivity contribution in [3.8, 4) is 0 Å². The van der Waals surface area contributed by atoms with Crippen molar-refractivity contribution in [2.24, 2.45) is 11.8 Å². The summed E-state index contributed by atoms with van der Waals surface area (Å²) >= 11 is 0. The van der Waals surface area contributed by atoms with Gasteiger partial charge in [0.1, 0.15) is 0 Å². The number of nitrogens with one attached hydrogen (secondary N) is 4. The molecule has 1 saturated carbocycles. The molecular weight excluding hydrogens is 482 g/mol. The third-order valence-corrected chi connectivity index (χ3v) is 6.38. The van der Waals surface area contributed by atoms with Gasteiger partial charge in [0.15, 0.2) is 0 Å². The van der Waals surface area contributed by atoms with Gasteiger partial charge in [0.2, 0.25) is 17.8 Å². The van der Waals surface area contributed by atoms with E-state index in [1.54, 1.807) is 12.1 Å². The Kier molecular flexibility index (Phi) is 13.6. The van der Waals surface area contributed by atoms with Gasteiger partial charge in [0.25, 0.3) is 5.91 Å². The molecule has 0 saturated heterocycles. The van der Waals surface area contributed by atoms with E-state index in [-0.39, 0.29) is 5.91 Å². The van der Waals surface area contributed by atoms with Crippen LogP contribution in [-0.2, 0) is 9.47 Å². The van der Waals surface area contributed by atoms with E-state index in [1.165, 1.54) is 32.1 Å². The average Bonchev–Trinajstić information content (AvgIpc) is 2.93. The molecule has 4 N–H and O–H groups in total. The van der Waals surface area contributed by atoms with Gasteiger partial charge in [0.05, 0.1) is 26.4 Å². The highest BCUT2D eigenvalue weighted by atomic mass is 16.5. The quantitative estimate of drug-likeness (QED) is 0.211. The molecule has 38 heavy (non-hydrogen) atoms. The zero-order valence-corrected chi connectivity index (χ0v) is 23.0. The van der Waals surface area contributed by atoms with Crippen LogP contribution in [0.1, 0.15) is 62.7 Å². The number of carbonyl (C=O) groups excluding carboxylic acids is 1. The van der Waals surface area contributed by atoms with Crippen LogP contribution >= 0.6 is 0 Å². The summed E-state index contributed by atoms with van der Waals surface area (Å²) in [5, 5.41) is 12.8. The third-order valence-electron chi connectivity index (χ3n) is 6.38. The minimum Gasteiger partial charge on any atom is -0.377 e. The first-order valence-corrected chi connectivity index (χ1v) is 14.1. The molecule has 10 heteroatoms. The minimum absolute atomic E-state index is 0.0968. The van der Waals surface area contributed by atoms with E-state index in [0.29, 0.717) is 74.8 Å². The Morgan fingerprint density at radius 3 is 2.08 bits per heavy atom. The summed E-state index contributed by atoms with van der Waals surface area (Å²) in [4.78, 5) is 25.7. The van der Waals surface area contributed by atoms with E-state index >= 15 is 0 Å². The lowest BCUT2D eigenvalue weighted by Crippen LogP contribution is -2.27. The normalized spacial score (nSPS) is 13.9. The van der Waals surface area contributed by atoms with Crippen LogP contribution in [0.5, 0.6) is 0 Å². The molecule has 0 aliphatic heterocycles. The van der Waals surface area contributed by atoms with Crippen molar-refractivity contribution in [3.05, 3.63) is 35.9 Å². The van der Waals surface area contributed by atoms with Gasteiger partial charge >= 0.3 is 0 Å². The first kappa shape index (κ1) is 29.6. The molecule has 1 fully saturated rings. The Labute approximate surface area is 227 Å². The largest absolute Gasteiger partial charge is 0.377 e. The van der Waals surface area contributed by atoms with Gasteiger partial charge in [-0.2, -0.15) is 15.0 Å². The number of anilines is 3. The zero-order chi connectivity index (χ0) is 26.8. The fourth-order valence-electron chi connectivity index (χ4n) is 4.20. The van der Waals surface area contributed by atoms with Crippen molar-refractivity contribution < 1.29 is 14.3 Å². The molecule has 0 spiro atoms. The van der Waals surface area contributed by atoms with Crippen LogP contribution in [0.3, 0.4) is 0 Å².